The van der Waals surface area contributed by atoms with Crippen LogP contribution in [0.5, 0.6) is 0 Å². The van der Waals surface area contributed by atoms with E-state index in [1.165, 1.54) is 0 Å². The zero-order valence-electron chi connectivity index (χ0n) is 10.2. The van der Waals surface area contributed by atoms with E-state index in [4.69, 9.17) is 17.3 Å². The number of amides is 1. The van der Waals surface area contributed by atoms with Gasteiger partial charge in [-0.3, -0.25) is 4.79 Å². The average Bonchev–Trinajstić information content (AvgIpc) is 2.29. The summed E-state index contributed by atoms with van der Waals surface area (Å²) in [5.41, 5.74) is 7.34. The summed E-state index contributed by atoms with van der Waals surface area (Å²) in [5, 5.41) is 3.38. The molecule has 0 saturated carbocycles. The number of benzene rings is 1. The van der Waals surface area contributed by atoms with Gasteiger partial charge in [-0.1, -0.05) is 17.7 Å². The van der Waals surface area contributed by atoms with E-state index >= 15 is 0 Å². The van der Waals surface area contributed by atoms with Gasteiger partial charge in [0.15, 0.2) is 0 Å². The van der Waals surface area contributed by atoms with Crippen LogP contribution in [0.15, 0.2) is 18.2 Å². The standard InChI is InChI=1S/C12H18ClN3O/c1-3-15-12(17)8-16(2)10-5-4-9(7-14)11(13)6-10/h4-6H,3,7-8,14H2,1-2H3,(H,15,17). The maximum absolute atomic E-state index is 11.4. The number of anilines is 1. The van der Waals surface area contributed by atoms with Crippen molar-refractivity contribution in [2.45, 2.75) is 13.5 Å². The Balaban J connectivity index is 2.72. The Labute approximate surface area is 107 Å². The number of nitrogens with one attached hydrogen (secondary N) is 1. The zero-order chi connectivity index (χ0) is 12.8. The third-order valence-electron chi connectivity index (χ3n) is 2.45. The number of carbonyl (C=O) groups is 1. The van der Waals surface area contributed by atoms with E-state index in [9.17, 15) is 4.79 Å². The number of hydrogen-bond donors (Lipinski definition) is 2. The van der Waals surface area contributed by atoms with Gasteiger partial charge >= 0.3 is 0 Å². The minimum absolute atomic E-state index is 0.00553. The van der Waals surface area contributed by atoms with Crippen molar-refractivity contribution in [2.24, 2.45) is 5.73 Å². The van der Waals surface area contributed by atoms with E-state index in [2.05, 4.69) is 5.32 Å². The maximum atomic E-state index is 11.4. The Bertz CT molecular complexity index is 395. The predicted molar refractivity (Wildman–Crippen MR) is 71.3 cm³/mol. The fraction of sp³-hybridized carbons (Fsp3) is 0.417. The molecule has 0 unspecified atom stereocenters. The summed E-state index contributed by atoms with van der Waals surface area (Å²) in [5.74, 6) is -0.00553. The molecule has 3 N–H and O–H groups in total. The second-order valence-corrected chi connectivity index (χ2v) is 4.20. The molecule has 0 radical (unpaired) electrons. The normalized spacial score (nSPS) is 10.1. The van der Waals surface area contributed by atoms with Crippen LogP contribution in [0.2, 0.25) is 5.02 Å². The SMILES string of the molecule is CCNC(=O)CN(C)c1ccc(CN)c(Cl)c1. The van der Waals surface area contributed by atoms with Crippen LogP contribution in [0.3, 0.4) is 0 Å². The molecule has 94 valence electrons. The first kappa shape index (κ1) is 13.8. The van der Waals surface area contributed by atoms with Crippen molar-refractivity contribution in [1.29, 1.82) is 0 Å². The van der Waals surface area contributed by atoms with Crippen molar-refractivity contribution in [3.63, 3.8) is 0 Å². The van der Waals surface area contributed by atoms with Crippen LogP contribution < -0.4 is 16.0 Å². The number of hydrogen-bond acceptors (Lipinski definition) is 3. The number of nitrogens with zero attached hydrogens (tertiary/aromatic N) is 1. The van der Waals surface area contributed by atoms with Gasteiger partial charge < -0.3 is 16.0 Å². The molecule has 0 aliphatic carbocycles. The molecule has 1 rings (SSSR count). The van der Waals surface area contributed by atoms with Crippen LogP contribution in [-0.2, 0) is 11.3 Å². The van der Waals surface area contributed by atoms with Gasteiger partial charge in [-0.15, -0.1) is 0 Å². The summed E-state index contributed by atoms with van der Waals surface area (Å²) >= 11 is 6.06. The number of likely N-dealkylation sites (N-methyl/N-ethyl adjacent to an activating group) is 2. The van der Waals surface area contributed by atoms with Crippen LogP contribution in [0.4, 0.5) is 5.69 Å². The molecule has 17 heavy (non-hydrogen) atoms. The summed E-state index contributed by atoms with van der Waals surface area (Å²) < 4.78 is 0. The van der Waals surface area contributed by atoms with Crippen molar-refractivity contribution < 1.29 is 4.79 Å². The van der Waals surface area contributed by atoms with Gasteiger partial charge in [-0.2, -0.15) is 0 Å². The Hall–Kier alpha value is -1.26. The Morgan fingerprint density at radius 1 is 1.53 bits per heavy atom. The van der Waals surface area contributed by atoms with E-state index in [1.54, 1.807) is 0 Å². The third-order valence-corrected chi connectivity index (χ3v) is 2.80. The highest BCUT2D eigenvalue weighted by Crippen LogP contribution is 2.22. The van der Waals surface area contributed by atoms with Gasteiger partial charge in [0.05, 0.1) is 6.54 Å². The average molecular weight is 256 g/mol. The maximum Gasteiger partial charge on any atom is 0.239 e. The van der Waals surface area contributed by atoms with Gasteiger partial charge in [0, 0.05) is 30.8 Å². The Morgan fingerprint density at radius 3 is 2.76 bits per heavy atom. The van der Waals surface area contributed by atoms with E-state index < -0.39 is 0 Å². The van der Waals surface area contributed by atoms with Crippen molar-refractivity contribution in [2.75, 3.05) is 25.0 Å². The van der Waals surface area contributed by atoms with Gasteiger partial charge in [-0.25, -0.2) is 0 Å². The first-order valence-electron chi connectivity index (χ1n) is 5.54. The van der Waals surface area contributed by atoms with Gasteiger partial charge in [-0.05, 0) is 24.6 Å². The third kappa shape index (κ3) is 3.91. The monoisotopic (exact) mass is 255 g/mol. The molecule has 0 aliphatic heterocycles. The molecule has 0 bridgehead atoms. The molecular weight excluding hydrogens is 238 g/mol. The molecular formula is C12H18ClN3O. The zero-order valence-corrected chi connectivity index (χ0v) is 10.9. The van der Waals surface area contributed by atoms with Crippen molar-refractivity contribution >= 4 is 23.2 Å². The lowest BCUT2D eigenvalue weighted by Crippen LogP contribution is -2.34. The minimum atomic E-state index is -0.00553. The number of rotatable bonds is 5. The summed E-state index contributed by atoms with van der Waals surface area (Å²) in [7, 11) is 1.85. The number of nitrogens with two attached hydrogens (primary N) is 1. The first-order valence-corrected chi connectivity index (χ1v) is 5.92. The van der Waals surface area contributed by atoms with E-state index in [1.807, 2.05) is 37.1 Å². The lowest BCUT2D eigenvalue weighted by atomic mass is 10.2. The lowest BCUT2D eigenvalue weighted by molar-refractivity contribution is -0.119. The molecule has 1 aromatic rings. The van der Waals surface area contributed by atoms with Crippen molar-refractivity contribution in [1.82, 2.24) is 5.32 Å². The van der Waals surface area contributed by atoms with Gasteiger partial charge in [0.1, 0.15) is 0 Å². The topological polar surface area (TPSA) is 58.4 Å². The molecule has 1 aromatic carbocycles. The van der Waals surface area contributed by atoms with Gasteiger partial charge in [0.2, 0.25) is 5.91 Å². The second-order valence-electron chi connectivity index (χ2n) is 3.79. The largest absolute Gasteiger partial charge is 0.365 e. The van der Waals surface area contributed by atoms with E-state index in [-0.39, 0.29) is 5.91 Å². The van der Waals surface area contributed by atoms with Crippen LogP contribution >= 0.6 is 11.6 Å². The first-order chi connectivity index (χ1) is 8.08. The highest BCUT2D eigenvalue weighted by Gasteiger charge is 2.08. The predicted octanol–water partition coefficient (Wildman–Crippen LogP) is 1.37. The number of halogens is 1. The van der Waals surface area contributed by atoms with Crippen molar-refractivity contribution in [3.05, 3.63) is 28.8 Å². The summed E-state index contributed by atoms with van der Waals surface area (Å²) in [6.45, 7) is 3.26. The highest BCUT2D eigenvalue weighted by atomic mass is 35.5. The molecule has 0 aromatic heterocycles. The molecule has 0 heterocycles. The summed E-state index contributed by atoms with van der Waals surface area (Å²) in [4.78, 5) is 13.3. The minimum Gasteiger partial charge on any atom is -0.365 e. The summed E-state index contributed by atoms with van der Waals surface area (Å²) in [6, 6.07) is 5.61. The molecule has 4 nitrogen and oxygen atoms in total. The molecule has 0 aliphatic rings. The molecule has 0 atom stereocenters. The second kappa shape index (κ2) is 6.47. The molecule has 0 saturated heterocycles. The van der Waals surface area contributed by atoms with E-state index in [0.717, 1.165) is 11.3 Å². The molecule has 0 fully saturated rings. The van der Waals surface area contributed by atoms with Crippen LogP contribution in [0.1, 0.15) is 12.5 Å². The fourth-order valence-electron chi connectivity index (χ4n) is 1.50. The molecule has 5 heteroatoms. The Kier molecular flexibility index (Phi) is 5.25. The van der Waals surface area contributed by atoms with Crippen LogP contribution in [0.25, 0.3) is 0 Å². The highest BCUT2D eigenvalue weighted by molar-refractivity contribution is 6.31. The molecule has 1 amide bonds. The quantitative estimate of drug-likeness (QED) is 0.836. The van der Waals surface area contributed by atoms with E-state index in [0.29, 0.717) is 24.7 Å². The summed E-state index contributed by atoms with van der Waals surface area (Å²) in [6.07, 6.45) is 0. The van der Waals surface area contributed by atoms with Crippen LogP contribution in [0, 0.1) is 0 Å². The number of carbonyl (C=O) groups excluding carboxylic acids is 1. The smallest absolute Gasteiger partial charge is 0.239 e. The Morgan fingerprint density at radius 2 is 2.24 bits per heavy atom. The van der Waals surface area contributed by atoms with Crippen LogP contribution in [-0.4, -0.2) is 26.0 Å². The van der Waals surface area contributed by atoms with Gasteiger partial charge in [0.25, 0.3) is 0 Å². The van der Waals surface area contributed by atoms with Crippen molar-refractivity contribution in [3.8, 4) is 0 Å². The molecule has 0 spiro atoms. The fourth-order valence-corrected chi connectivity index (χ4v) is 1.75. The lowest BCUT2D eigenvalue weighted by Gasteiger charge is -2.19.